The number of benzene rings is 1. The highest BCUT2D eigenvalue weighted by Crippen LogP contribution is 2.20. The van der Waals surface area contributed by atoms with E-state index in [4.69, 9.17) is 11.6 Å². The van der Waals surface area contributed by atoms with Gasteiger partial charge in [-0.2, -0.15) is 0 Å². The van der Waals surface area contributed by atoms with Gasteiger partial charge in [-0.3, -0.25) is 0 Å². The molecule has 82 valence electrons. The number of nitrogens with zero attached hydrogens (tertiary/aromatic N) is 1. The lowest BCUT2D eigenvalue weighted by Gasteiger charge is -2.14. The second-order valence-electron chi connectivity index (χ2n) is 4.33. The molecule has 1 aliphatic rings. The number of alkyl halides is 1. The summed E-state index contributed by atoms with van der Waals surface area (Å²) in [6.45, 7) is 3.50. The predicted molar refractivity (Wildman–Crippen MR) is 65.4 cm³/mol. The van der Waals surface area contributed by atoms with E-state index in [0.29, 0.717) is 0 Å². The van der Waals surface area contributed by atoms with E-state index in [1.807, 2.05) is 0 Å². The molecule has 0 amide bonds. The fraction of sp³-hybridized carbons (Fsp3) is 0.538. The predicted octanol–water partition coefficient (Wildman–Crippen LogP) is 2.79. The molecule has 0 aromatic heterocycles. The Morgan fingerprint density at radius 2 is 2.07 bits per heavy atom. The largest absolute Gasteiger partial charge is 0.302 e. The first-order chi connectivity index (χ1) is 7.38. The Morgan fingerprint density at radius 3 is 2.80 bits per heavy atom. The Kier molecular flexibility index (Phi) is 4.04. The standard InChI is InChI=1S/C13H18ClN/c14-7-9-15-8-6-13(11-15)10-12-4-2-1-3-5-12/h1-5,13H,6-11H2. The zero-order valence-corrected chi connectivity index (χ0v) is 9.79. The van der Waals surface area contributed by atoms with E-state index in [2.05, 4.69) is 35.2 Å². The molecule has 1 unspecified atom stereocenters. The van der Waals surface area contributed by atoms with E-state index in [9.17, 15) is 0 Å². The summed E-state index contributed by atoms with van der Waals surface area (Å²) < 4.78 is 0. The molecule has 0 radical (unpaired) electrons. The van der Waals surface area contributed by atoms with Gasteiger partial charge in [0.05, 0.1) is 0 Å². The molecule has 1 nitrogen and oxygen atoms in total. The van der Waals surface area contributed by atoms with E-state index in [1.54, 1.807) is 0 Å². The van der Waals surface area contributed by atoms with Crippen molar-refractivity contribution in [3.05, 3.63) is 35.9 Å². The minimum absolute atomic E-state index is 0.762. The van der Waals surface area contributed by atoms with E-state index < -0.39 is 0 Å². The third kappa shape index (κ3) is 3.22. The fourth-order valence-electron chi connectivity index (χ4n) is 2.35. The van der Waals surface area contributed by atoms with Crippen LogP contribution in [0.25, 0.3) is 0 Å². The van der Waals surface area contributed by atoms with Crippen LogP contribution in [0.5, 0.6) is 0 Å². The first-order valence-electron chi connectivity index (χ1n) is 5.70. The SMILES string of the molecule is ClCCN1CCC(Cc2ccccc2)C1. The van der Waals surface area contributed by atoms with E-state index in [1.165, 1.54) is 31.5 Å². The van der Waals surface area contributed by atoms with Crippen molar-refractivity contribution in [2.24, 2.45) is 5.92 Å². The molecule has 1 atom stereocenters. The van der Waals surface area contributed by atoms with E-state index >= 15 is 0 Å². The molecule has 1 heterocycles. The van der Waals surface area contributed by atoms with Crippen molar-refractivity contribution in [2.45, 2.75) is 12.8 Å². The Labute approximate surface area is 97.0 Å². The van der Waals surface area contributed by atoms with Crippen LogP contribution in [0.15, 0.2) is 30.3 Å². The fourth-order valence-corrected chi connectivity index (χ4v) is 2.59. The van der Waals surface area contributed by atoms with Gasteiger partial charge in [-0.25, -0.2) is 0 Å². The van der Waals surface area contributed by atoms with Gasteiger partial charge >= 0.3 is 0 Å². The molecule has 1 fully saturated rings. The second-order valence-corrected chi connectivity index (χ2v) is 4.71. The van der Waals surface area contributed by atoms with E-state index in [0.717, 1.165) is 18.3 Å². The van der Waals surface area contributed by atoms with Crippen LogP contribution in [-0.2, 0) is 6.42 Å². The highest BCUT2D eigenvalue weighted by atomic mass is 35.5. The first kappa shape index (κ1) is 11.0. The van der Waals surface area contributed by atoms with Crippen molar-refractivity contribution in [1.82, 2.24) is 4.90 Å². The first-order valence-corrected chi connectivity index (χ1v) is 6.24. The molecule has 1 aromatic rings. The second kappa shape index (κ2) is 5.53. The molecule has 1 saturated heterocycles. The van der Waals surface area contributed by atoms with Crippen LogP contribution < -0.4 is 0 Å². The van der Waals surface area contributed by atoms with Gasteiger partial charge in [0, 0.05) is 19.0 Å². The molecule has 2 heteroatoms. The number of likely N-dealkylation sites (tertiary alicyclic amines) is 1. The molecule has 0 aliphatic carbocycles. The monoisotopic (exact) mass is 223 g/mol. The summed E-state index contributed by atoms with van der Waals surface area (Å²) in [5, 5.41) is 0. The molecular weight excluding hydrogens is 206 g/mol. The summed E-state index contributed by atoms with van der Waals surface area (Å²) in [6, 6.07) is 10.8. The molecule has 1 aliphatic heterocycles. The van der Waals surface area contributed by atoms with Crippen molar-refractivity contribution < 1.29 is 0 Å². The minimum Gasteiger partial charge on any atom is -0.302 e. The van der Waals surface area contributed by atoms with Gasteiger partial charge in [-0.1, -0.05) is 30.3 Å². The van der Waals surface area contributed by atoms with Gasteiger partial charge in [0.25, 0.3) is 0 Å². The molecule has 2 rings (SSSR count). The van der Waals surface area contributed by atoms with Crippen molar-refractivity contribution in [2.75, 3.05) is 25.5 Å². The molecule has 0 saturated carbocycles. The average molecular weight is 224 g/mol. The number of rotatable bonds is 4. The van der Waals surface area contributed by atoms with Crippen LogP contribution in [0.3, 0.4) is 0 Å². The normalized spacial score (nSPS) is 22.1. The van der Waals surface area contributed by atoms with Crippen LogP contribution in [-0.4, -0.2) is 30.4 Å². The highest BCUT2D eigenvalue weighted by Gasteiger charge is 2.21. The maximum absolute atomic E-state index is 5.75. The van der Waals surface area contributed by atoms with Crippen LogP contribution in [0.4, 0.5) is 0 Å². The average Bonchev–Trinajstić information content (AvgIpc) is 2.68. The summed E-state index contributed by atoms with van der Waals surface area (Å²) in [4.78, 5) is 2.47. The smallest absolute Gasteiger partial charge is 0.0351 e. The van der Waals surface area contributed by atoms with Crippen molar-refractivity contribution in [3.63, 3.8) is 0 Å². The summed E-state index contributed by atoms with van der Waals surface area (Å²) in [5.74, 6) is 1.59. The van der Waals surface area contributed by atoms with Crippen molar-refractivity contribution in [3.8, 4) is 0 Å². The van der Waals surface area contributed by atoms with E-state index in [-0.39, 0.29) is 0 Å². The Morgan fingerprint density at radius 1 is 1.27 bits per heavy atom. The summed E-state index contributed by atoms with van der Waals surface area (Å²) in [6.07, 6.45) is 2.55. The summed E-state index contributed by atoms with van der Waals surface area (Å²) in [5.41, 5.74) is 1.47. The molecule has 0 spiro atoms. The number of hydrogen-bond acceptors (Lipinski definition) is 1. The van der Waals surface area contributed by atoms with Crippen molar-refractivity contribution >= 4 is 11.6 Å². The van der Waals surface area contributed by atoms with Gasteiger partial charge in [0.1, 0.15) is 0 Å². The highest BCUT2D eigenvalue weighted by molar-refractivity contribution is 6.18. The Hall–Kier alpha value is -0.530. The van der Waals surface area contributed by atoms with Crippen molar-refractivity contribution in [1.29, 1.82) is 0 Å². The minimum atomic E-state index is 0.762. The lowest BCUT2D eigenvalue weighted by atomic mass is 9.99. The van der Waals surface area contributed by atoms with Crippen LogP contribution in [0, 0.1) is 5.92 Å². The maximum Gasteiger partial charge on any atom is 0.0351 e. The van der Waals surface area contributed by atoms with Crippen LogP contribution >= 0.6 is 11.6 Å². The van der Waals surface area contributed by atoms with Crippen LogP contribution in [0.1, 0.15) is 12.0 Å². The quantitative estimate of drug-likeness (QED) is 0.710. The molecule has 0 N–H and O–H groups in total. The van der Waals surface area contributed by atoms with Gasteiger partial charge in [-0.15, -0.1) is 11.6 Å². The number of hydrogen-bond donors (Lipinski definition) is 0. The molecule has 15 heavy (non-hydrogen) atoms. The molecular formula is C13H18ClN. The van der Waals surface area contributed by atoms with Gasteiger partial charge < -0.3 is 4.90 Å². The topological polar surface area (TPSA) is 3.24 Å². The zero-order valence-electron chi connectivity index (χ0n) is 9.03. The summed E-state index contributed by atoms with van der Waals surface area (Å²) in [7, 11) is 0. The molecule has 0 bridgehead atoms. The zero-order chi connectivity index (χ0) is 10.5. The lowest BCUT2D eigenvalue weighted by molar-refractivity contribution is 0.344. The third-order valence-electron chi connectivity index (χ3n) is 3.14. The lowest BCUT2D eigenvalue weighted by Crippen LogP contribution is -2.23. The van der Waals surface area contributed by atoms with Crippen LogP contribution in [0.2, 0.25) is 0 Å². The Balaban J connectivity index is 1.82. The Bertz CT molecular complexity index is 286. The maximum atomic E-state index is 5.75. The van der Waals surface area contributed by atoms with Gasteiger partial charge in [0.2, 0.25) is 0 Å². The molecule has 1 aromatic carbocycles. The van der Waals surface area contributed by atoms with Gasteiger partial charge in [-0.05, 0) is 30.9 Å². The van der Waals surface area contributed by atoms with Gasteiger partial charge in [0.15, 0.2) is 0 Å². The third-order valence-corrected chi connectivity index (χ3v) is 3.31. The number of halogens is 1. The summed E-state index contributed by atoms with van der Waals surface area (Å²) >= 11 is 5.75.